The van der Waals surface area contributed by atoms with Crippen molar-refractivity contribution in [2.45, 2.75) is 247 Å². The highest BCUT2D eigenvalue weighted by Gasteiger charge is 2.70. The number of fused-ring (bicyclic) bond motifs is 5. The van der Waals surface area contributed by atoms with E-state index in [-0.39, 0.29) is 66.0 Å². The molecule has 0 bridgehead atoms. The van der Waals surface area contributed by atoms with Crippen LogP contribution in [0.1, 0.15) is 113 Å². The van der Waals surface area contributed by atoms with Gasteiger partial charge in [0.05, 0.1) is 50.3 Å². The highest BCUT2D eigenvalue weighted by molar-refractivity contribution is 5.19. The Morgan fingerprint density at radius 1 is 0.627 bits per heavy atom. The Morgan fingerprint density at radius 2 is 1.21 bits per heavy atom. The van der Waals surface area contributed by atoms with Crippen molar-refractivity contribution in [2.24, 2.45) is 45.3 Å². The third-order valence-corrected chi connectivity index (χ3v) is 20.7. The molecule has 1 unspecified atom stereocenters. The third kappa shape index (κ3) is 10.6. The predicted octanol–water partition coefficient (Wildman–Crippen LogP) is -1.56. The monoisotopic (exact) mass is 1080 g/mol. The number of rotatable bonds is 16. The van der Waals surface area contributed by atoms with Crippen LogP contribution in [0.5, 0.6) is 0 Å². The van der Waals surface area contributed by atoms with Gasteiger partial charge in [0, 0.05) is 0 Å². The van der Waals surface area contributed by atoms with Gasteiger partial charge in [0.1, 0.15) is 85.5 Å². The van der Waals surface area contributed by atoms with Crippen LogP contribution >= 0.6 is 0 Å². The van der Waals surface area contributed by atoms with E-state index in [1.807, 2.05) is 0 Å². The van der Waals surface area contributed by atoms with Gasteiger partial charge in [-0.25, -0.2) is 0 Å². The Kier molecular flexibility index (Phi) is 18.1. The lowest BCUT2D eigenvalue weighted by molar-refractivity contribution is -0.367. The number of aliphatic hydroxyl groups excluding tert-OH is 13. The summed E-state index contributed by atoms with van der Waals surface area (Å²) in [6.45, 7) is 17.0. The summed E-state index contributed by atoms with van der Waals surface area (Å²) in [5.74, 6) is 0.0566. The molecule has 8 fully saturated rings. The molecule has 4 aliphatic carbocycles. The van der Waals surface area contributed by atoms with Crippen molar-refractivity contribution >= 4 is 0 Å². The summed E-state index contributed by atoms with van der Waals surface area (Å²) in [6.07, 6.45) is -22.6. The van der Waals surface area contributed by atoms with Crippen LogP contribution in [0.3, 0.4) is 0 Å². The van der Waals surface area contributed by atoms with Crippen LogP contribution < -0.4 is 0 Å². The zero-order valence-electron chi connectivity index (χ0n) is 44.6. The zero-order chi connectivity index (χ0) is 55.1. The molecule has 0 spiro atoms. The summed E-state index contributed by atoms with van der Waals surface area (Å²) >= 11 is 0. The van der Waals surface area contributed by atoms with E-state index in [1.54, 1.807) is 13.8 Å². The second-order valence-electron chi connectivity index (χ2n) is 25.2. The Morgan fingerprint density at radius 3 is 1.84 bits per heavy atom. The maximum atomic E-state index is 13.3. The lowest BCUT2D eigenvalue weighted by Crippen LogP contribution is -2.66. The first-order valence-electron chi connectivity index (χ1n) is 27.3. The largest absolute Gasteiger partial charge is 0.394 e. The molecule has 22 heteroatoms. The third-order valence-electron chi connectivity index (χ3n) is 20.7. The highest BCUT2D eigenvalue weighted by Crippen LogP contribution is 2.76. The average Bonchev–Trinajstić information content (AvgIpc) is 3.74. The average molecular weight is 1080 g/mol. The van der Waals surface area contributed by atoms with Crippen LogP contribution in [0.4, 0.5) is 0 Å². The fraction of sp³-hybridized carbons (Fsp3) is 0.962. The molecule has 75 heavy (non-hydrogen) atoms. The molecular weight excluding hydrogens is 989 g/mol. The van der Waals surface area contributed by atoms with Crippen LogP contribution in [0.25, 0.3) is 0 Å². The lowest BCUT2D eigenvalue weighted by atomic mass is 9.35. The number of hydrogen-bond acceptors (Lipinski definition) is 22. The molecular formula is C53H90O22. The van der Waals surface area contributed by atoms with Gasteiger partial charge in [-0.1, -0.05) is 46.8 Å². The van der Waals surface area contributed by atoms with Crippen LogP contribution in [0.2, 0.25) is 0 Å². The molecule has 8 aliphatic rings. The summed E-state index contributed by atoms with van der Waals surface area (Å²) in [6, 6.07) is 0. The number of ether oxygens (including phenoxy) is 8. The van der Waals surface area contributed by atoms with Gasteiger partial charge >= 0.3 is 0 Å². The van der Waals surface area contributed by atoms with Gasteiger partial charge in [-0.2, -0.15) is 0 Å². The molecule has 4 aliphatic heterocycles. The molecule has 29 atom stereocenters. The minimum absolute atomic E-state index is 0.00831. The van der Waals surface area contributed by atoms with Crippen molar-refractivity contribution in [3.8, 4) is 0 Å². The first-order chi connectivity index (χ1) is 35.1. The van der Waals surface area contributed by atoms with Gasteiger partial charge in [0.2, 0.25) is 0 Å². The van der Waals surface area contributed by atoms with E-state index in [4.69, 9.17) is 37.9 Å². The van der Waals surface area contributed by atoms with Crippen LogP contribution in [0, 0.1) is 45.3 Å². The van der Waals surface area contributed by atoms with E-state index in [0.29, 0.717) is 18.4 Å². The molecule has 4 saturated heterocycles. The van der Waals surface area contributed by atoms with E-state index in [1.165, 1.54) is 0 Å². The maximum Gasteiger partial charge on any atom is 0.187 e. The van der Waals surface area contributed by atoms with Gasteiger partial charge in [-0.3, -0.25) is 0 Å². The van der Waals surface area contributed by atoms with Crippen molar-refractivity contribution in [1.82, 2.24) is 0 Å². The first-order valence-corrected chi connectivity index (χ1v) is 27.3. The first kappa shape index (κ1) is 60.0. The summed E-state index contributed by atoms with van der Waals surface area (Å²) < 4.78 is 48.4. The fourth-order valence-electron chi connectivity index (χ4n) is 16.0. The molecule has 0 aromatic rings. The van der Waals surface area contributed by atoms with E-state index >= 15 is 0 Å². The molecule has 0 aromatic carbocycles. The molecule has 22 nitrogen and oxygen atoms in total. The molecule has 0 amide bonds. The minimum Gasteiger partial charge on any atom is -0.394 e. The van der Waals surface area contributed by atoms with Crippen molar-refractivity contribution in [1.29, 1.82) is 0 Å². The summed E-state index contributed by atoms with van der Waals surface area (Å²) in [5, 5.41) is 151. The molecule has 14 N–H and O–H groups in total. The smallest absolute Gasteiger partial charge is 0.187 e. The Bertz CT molecular complexity index is 1930. The Balaban J connectivity index is 1.01. The Labute approximate surface area is 439 Å². The maximum absolute atomic E-state index is 13.3. The van der Waals surface area contributed by atoms with Crippen molar-refractivity contribution in [3.05, 3.63) is 12.2 Å². The van der Waals surface area contributed by atoms with Crippen LogP contribution in [-0.2, 0) is 37.9 Å². The second kappa shape index (κ2) is 22.7. The van der Waals surface area contributed by atoms with Gasteiger partial charge in [-0.05, 0) is 123 Å². The normalized spacial score (nSPS) is 52.2. The summed E-state index contributed by atoms with van der Waals surface area (Å²) in [4.78, 5) is 0. The van der Waals surface area contributed by atoms with Crippen molar-refractivity contribution in [3.63, 3.8) is 0 Å². The molecule has 8 rings (SSSR count). The highest BCUT2D eigenvalue weighted by atomic mass is 16.8. The molecule has 0 radical (unpaired) electrons. The number of hydrogen-bond donors (Lipinski definition) is 14. The van der Waals surface area contributed by atoms with Crippen LogP contribution in [0.15, 0.2) is 12.2 Å². The lowest BCUT2D eigenvalue weighted by Gasteiger charge is -2.70. The van der Waals surface area contributed by atoms with Crippen LogP contribution in [-0.4, -0.2) is 232 Å². The standard InChI is InChI=1S/C53H90O22/c1-23(2)28(71-46-42(65)38(61)34(57)24(3)70-46)12-18-53(67,22-69-45-41(64)39(62)36(59)29(19-54)72-45)26-11-16-51(7)25(26)9-10-32-50(6)15-14-33(49(4,5)31(50)13-17-52(32,51)8)74-48-44(35(58)27(56)21-68-48)75-47-43(66)40(63)37(60)30(20-55)73-47/h24-48,54-67H,1,9-22H2,2-8H3/t24-,25+,26-,27-,28?,29+,30+,31-,32+,33-,34-,35-,36+,37+,38+,39-,40-,41+,42+,43+,44+,45+,46-,47-,48-,50-,51+,52+,53+/m0/s1. The van der Waals surface area contributed by atoms with Crippen molar-refractivity contribution < 1.29 is 109 Å². The predicted molar refractivity (Wildman–Crippen MR) is 260 cm³/mol. The molecule has 4 heterocycles. The summed E-state index contributed by atoms with van der Waals surface area (Å²) in [7, 11) is 0. The van der Waals surface area contributed by atoms with Crippen molar-refractivity contribution in [2.75, 3.05) is 26.4 Å². The van der Waals surface area contributed by atoms with E-state index < -0.39 is 153 Å². The minimum atomic E-state index is -1.76. The fourth-order valence-corrected chi connectivity index (χ4v) is 16.0. The number of aliphatic hydroxyl groups is 14. The van der Waals surface area contributed by atoms with E-state index in [9.17, 15) is 71.5 Å². The van der Waals surface area contributed by atoms with Gasteiger partial charge in [0.25, 0.3) is 0 Å². The van der Waals surface area contributed by atoms with Gasteiger partial charge in [-0.15, -0.1) is 0 Å². The van der Waals surface area contributed by atoms with E-state index in [0.717, 1.165) is 38.5 Å². The van der Waals surface area contributed by atoms with E-state index in [2.05, 4.69) is 41.2 Å². The second-order valence-corrected chi connectivity index (χ2v) is 25.2. The SMILES string of the molecule is C=C(C)C(CC[C@@](O)(CO[C@@H]1O[C@H](CO)[C@@H](O)[C@H](O)[C@H]1O)[C@H]1CC[C@]2(C)[C@@H]1CC[C@@H]1[C@@]3(C)CC[C@H](O[C@@H]4OC[C@H](O)[C@H](O)[C@H]4O[C@@H]4O[C@H](CO)[C@@H](O)[C@H](O)[C@H]4O)C(C)(C)[C@@H]3CC[C@]12C)O[C@@H]1O[C@@H](C)[C@H](O)[C@@H](O)[C@H]1O. The van der Waals surface area contributed by atoms with Gasteiger partial charge in [0.15, 0.2) is 25.2 Å². The molecule has 434 valence electrons. The van der Waals surface area contributed by atoms with Gasteiger partial charge < -0.3 is 109 Å². The molecule has 0 aromatic heterocycles. The quantitative estimate of drug-likeness (QED) is 0.0614. The summed E-state index contributed by atoms with van der Waals surface area (Å²) in [5.41, 5.74) is -2.15. The topological polar surface area (TPSA) is 357 Å². The Hall–Kier alpha value is -1.14. The molecule has 4 saturated carbocycles. The zero-order valence-corrected chi connectivity index (χ0v) is 44.6.